The maximum atomic E-state index is 12.7. The summed E-state index contributed by atoms with van der Waals surface area (Å²) in [5, 5.41) is 10.4. The molecule has 0 spiro atoms. The number of anilines is 1. The van der Waals surface area contributed by atoms with E-state index in [1.807, 2.05) is 18.2 Å². The van der Waals surface area contributed by atoms with E-state index in [0.717, 1.165) is 5.52 Å². The van der Waals surface area contributed by atoms with Gasteiger partial charge in [0.15, 0.2) is 5.75 Å². The number of aromatic hydroxyl groups is 1. The normalized spacial score (nSPS) is 11.8. The molecule has 0 aliphatic heterocycles. The number of nitrogens with zero attached hydrogens (tertiary/aromatic N) is 2. The fourth-order valence-electron chi connectivity index (χ4n) is 2.89. The second-order valence-corrected chi connectivity index (χ2v) is 5.76. The van der Waals surface area contributed by atoms with E-state index in [1.165, 1.54) is 35.0 Å². The number of rotatable bonds is 3. The molecule has 0 aliphatic carbocycles. The summed E-state index contributed by atoms with van der Waals surface area (Å²) in [7, 11) is 0. The Morgan fingerprint density at radius 3 is 2.52 bits per heavy atom. The predicted molar refractivity (Wildman–Crippen MR) is 93.6 cm³/mol. The van der Waals surface area contributed by atoms with Crippen LogP contribution in [0.15, 0.2) is 54.7 Å². The summed E-state index contributed by atoms with van der Waals surface area (Å²) in [5.41, 5.74) is 7.75. The van der Waals surface area contributed by atoms with Crippen LogP contribution in [-0.4, -0.2) is 26.0 Å². The highest BCUT2D eigenvalue weighted by atomic mass is 19.4. The number of H-pyrrole nitrogens is 1. The van der Waals surface area contributed by atoms with Gasteiger partial charge in [-0.3, -0.25) is 4.57 Å². The van der Waals surface area contributed by atoms with Crippen LogP contribution in [0.3, 0.4) is 0 Å². The Morgan fingerprint density at radius 1 is 1.07 bits per heavy atom. The molecule has 0 atom stereocenters. The molecule has 0 radical (unpaired) electrons. The van der Waals surface area contributed by atoms with Crippen molar-refractivity contribution >= 4 is 16.9 Å². The molecule has 2 aromatic carbocycles. The highest BCUT2D eigenvalue weighted by molar-refractivity contribution is 5.85. The van der Waals surface area contributed by atoms with E-state index in [1.54, 1.807) is 6.07 Å². The molecule has 2 aromatic heterocycles. The average Bonchev–Trinajstić information content (AvgIpc) is 3.14. The van der Waals surface area contributed by atoms with Gasteiger partial charge < -0.3 is 20.6 Å². The number of alkyl halides is 3. The maximum absolute atomic E-state index is 12.7. The van der Waals surface area contributed by atoms with E-state index in [2.05, 4.69) is 14.7 Å². The molecule has 4 N–H and O–H groups in total. The van der Waals surface area contributed by atoms with E-state index in [9.17, 15) is 18.3 Å². The van der Waals surface area contributed by atoms with Crippen molar-refractivity contribution in [2.45, 2.75) is 6.36 Å². The summed E-state index contributed by atoms with van der Waals surface area (Å²) in [4.78, 5) is 7.41. The van der Waals surface area contributed by atoms with E-state index < -0.39 is 12.1 Å². The van der Waals surface area contributed by atoms with E-state index >= 15 is 0 Å². The van der Waals surface area contributed by atoms with Crippen LogP contribution in [-0.2, 0) is 0 Å². The number of imidazole rings is 1. The first-order valence-electron chi connectivity index (χ1n) is 7.83. The molecule has 0 unspecified atom stereocenters. The summed E-state index contributed by atoms with van der Waals surface area (Å²) in [5.74, 6) is -0.347. The van der Waals surface area contributed by atoms with Crippen LogP contribution in [0.2, 0.25) is 0 Å². The SMILES string of the molecule is Nc1c(-c2nc3ccccc3[nH]2)c(O)cn1-c1ccccc1OC(F)(F)F. The van der Waals surface area contributed by atoms with Gasteiger partial charge in [0.1, 0.15) is 23.0 Å². The molecular weight excluding hydrogens is 361 g/mol. The molecule has 9 heteroatoms. The van der Waals surface area contributed by atoms with E-state index in [-0.39, 0.29) is 22.8 Å². The number of nitrogens with one attached hydrogen (secondary N) is 1. The van der Waals surface area contributed by atoms with Crippen LogP contribution < -0.4 is 10.5 Å². The fraction of sp³-hybridized carbons (Fsp3) is 0.0556. The van der Waals surface area contributed by atoms with Crippen molar-refractivity contribution in [3.05, 3.63) is 54.7 Å². The number of ether oxygens (including phenoxy) is 1. The van der Waals surface area contributed by atoms with Gasteiger partial charge in [0.25, 0.3) is 0 Å². The third kappa shape index (κ3) is 3.03. The van der Waals surface area contributed by atoms with E-state index in [4.69, 9.17) is 5.73 Å². The summed E-state index contributed by atoms with van der Waals surface area (Å²) in [6.45, 7) is 0. The molecule has 0 fully saturated rings. The lowest BCUT2D eigenvalue weighted by atomic mass is 10.2. The van der Waals surface area contributed by atoms with E-state index in [0.29, 0.717) is 11.3 Å². The molecule has 0 aliphatic rings. The number of nitrogen functional groups attached to an aromatic ring is 1. The zero-order valence-electron chi connectivity index (χ0n) is 13.7. The minimum atomic E-state index is -4.86. The van der Waals surface area contributed by atoms with Crippen molar-refractivity contribution in [3.8, 4) is 28.6 Å². The lowest BCUT2D eigenvalue weighted by Crippen LogP contribution is -2.18. The Bertz CT molecular complexity index is 1100. The fourth-order valence-corrected chi connectivity index (χ4v) is 2.89. The van der Waals surface area contributed by atoms with Crippen LogP contribution in [0.4, 0.5) is 19.0 Å². The number of halogens is 3. The maximum Gasteiger partial charge on any atom is 0.573 e. The molecule has 6 nitrogen and oxygen atoms in total. The van der Waals surface area contributed by atoms with Crippen LogP contribution in [0.1, 0.15) is 0 Å². The van der Waals surface area contributed by atoms with Gasteiger partial charge in [-0.15, -0.1) is 13.2 Å². The van der Waals surface area contributed by atoms with Crippen LogP contribution >= 0.6 is 0 Å². The van der Waals surface area contributed by atoms with Gasteiger partial charge in [-0.2, -0.15) is 0 Å². The largest absolute Gasteiger partial charge is 0.573 e. The molecule has 0 saturated carbocycles. The number of fused-ring (bicyclic) bond motifs is 1. The highest BCUT2D eigenvalue weighted by Gasteiger charge is 2.32. The summed E-state index contributed by atoms with van der Waals surface area (Å²) in [6, 6.07) is 12.7. The van der Waals surface area contributed by atoms with Gasteiger partial charge in [-0.25, -0.2) is 4.98 Å². The van der Waals surface area contributed by atoms with Gasteiger partial charge in [0.05, 0.1) is 22.9 Å². The van der Waals surface area contributed by atoms with Crippen molar-refractivity contribution in [2.75, 3.05) is 5.73 Å². The molecule has 0 bridgehead atoms. The van der Waals surface area contributed by atoms with Crippen molar-refractivity contribution in [3.63, 3.8) is 0 Å². The highest BCUT2D eigenvalue weighted by Crippen LogP contribution is 2.39. The minimum Gasteiger partial charge on any atom is -0.505 e. The van der Waals surface area contributed by atoms with Crippen molar-refractivity contribution in [1.29, 1.82) is 0 Å². The minimum absolute atomic E-state index is 0.0183. The van der Waals surface area contributed by atoms with Gasteiger partial charge in [0, 0.05) is 0 Å². The van der Waals surface area contributed by atoms with Crippen LogP contribution in [0, 0.1) is 0 Å². The summed E-state index contributed by atoms with van der Waals surface area (Å²) < 4.78 is 43.3. The molecule has 0 amide bonds. The standard InChI is InChI=1S/C18H13F3N4O2/c19-18(20,21)27-14-8-4-3-7-12(14)25-9-13(26)15(16(25)22)17-23-10-5-1-2-6-11(10)24-17/h1-9,26H,22H2,(H,23,24). The first kappa shape index (κ1) is 16.8. The first-order valence-corrected chi connectivity index (χ1v) is 7.83. The third-order valence-corrected chi connectivity index (χ3v) is 4.00. The molecular formula is C18H13F3N4O2. The van der Waals surface area contributed by atoms with Crippen molar-refractivity contribution < 1.29 is 23.0 Å². The predicted octanol–water partition coefficient (Wildman–Crippen LogP) is 4.21. The monoisotopic (exact) mass is 374 g/mol. The topological polar surface area (TPSA) is 89.1 Å². The van der Waals surface area contributed by atoms with Gasteiger partial charge in [0.2, 0.25) is 0 Å². The smallest absolute Gasteiger partial charge is 0.505 e. The number of nitrogens with two attached hydrogens (primary N) is 1. The van der Waals surface area contributed by atoms with Crippen LogP contribution in [0.5, 0.6) is 11.5 Å². The molecule has 4 aromatic rings. The van der Waals surface area contributed by atoms with Crippen molar-refractivity contribution in [2.24, 2.45) is 0 Å². The number of hydrogen-bond acceptors (Lipinski definition) is 4. The molecule has 0 saturated heterocycles. The number of hydrogen-bond donors (Lipinski definition) is 3. The summed E-state index contributed by atoms with van der Waals surface area (Å²) in [6.07, 6.45) is -3.64. The molecule has 2 heterocycles. The number of aromatic nitrogens is 3. The van der Waals surface area contributed by atoms with Gasteiger partial charge >= 0.3 is 6.36 Å². The number of para-hydroxylation sites is 4. The molecule has 138 valence electrons. The average molecular weight is 374 g/mol. The van der Waals surface area contributed by atoms with Gasteiger partial charge in [-0.1, -0.05) is 24.3 Å². The lowest BCUT2D eigenvalue weighted by Gasteiger charge is -2.14. The second kappa shape index (κ2) is 5.97. The molecule has 4 rings (SSSR count). The lowest BCUT2D eigenvalue weighted by molar-refractivity contribution is -0.274. The van der Waals surface area contributed by atoms with Crippen molar-refractivity contribution in [1.82, 2.24) is 14.5 Å². The first-order chi connectivity index (χ1) is 12.8. The number of aromatic amines is 1. The summed E-state index contributed by atoms with van der Waals surface area (Å²) >= 11 is 0. The quantitative estimate of drug-likeness (QED) is 0.501. The Balaban J connectivity index is 1.85. The Morgan fingerprint density at radius 2 is 1.78 bits per heavy atom. The Hall–Kier alpha value is -3.62. The number of benzene rings is 2. The Kier molecular flexibility index (Phi) is 3.72. The Labute approximate surface area is 150 Å². The third-order valence-electron chi connectivity index (χ3n) is 4.00. The zero-order valence-corrected chi connectivity index (χ0v) is 13.7. The zero-order chi connectivity index (χ0) is 19.2. The van der Waals surface area contributed by atoms with Gasteiger partial charge in [-0.05, 0) is 24.3 Å². The van der Waals surface area contributed by atoms with Crippen LogP contribution in [0.25, 0.3) is 28.1 Å². The second-order valence-electron chi connectivity index (χ2n) is 5.76. The molecule has 27 heavy (non-hydrogen) atoms.